The Morgan fingerprint density at radius 3 is 2.76 bits per heavy atom. The molecule has 0 radical (unpaired) electrons. The van der Waals surface area contributed by atoms with E-state index in [1.807, 2.05) is 17.5 Å². The van der Waals surface area contributed by atoms with Gasteiger partial charge in [0, 0.05) is 31.1 Å². The summed E-state index contributed by atoms with van der Waals surface area (Å²) in [4.78, 5) is 31.7. The van der Waals surface area contributed by atoms with Crippen LogP contribution in [0.25, 0.3) is 0 Å². The minimum absolute atomic E-state index is 0.0979. The van der Waals surface area contributed by atoms with Gasteiger partial charge in [0.15, 0.2) is 11.5 Å². The summed E-state index contributed by atoms with van der Waals surface area (Å²) in [6, 6.07) is 3.46. The molecule has 1 saturated heterocycles. The van der Waals surface area contributed by atoms with Gasteiger partial charge in [-0.2, -0.15) is 0 Å². The van der Waals surface area contributed by atoms with Gasteiger partial charge in [-0.25, -0.2) is 4.39 Å². The zero-order chi connectivity index (χ0) is 20.0. The number of fused-ring (bicyclic) bond motifs is 1. The lowest BCUT2D eigenvalue weighted by Gasteiger charge is -2.36. The van der Waals surface area contributed by atoms with Crippen LogP contribution >= 0.6 is 11.3 Å². The highest BCUT2D eigenvalue weighted by Gasteiger charge is 2.53. The first kappa shape index (κ1) is 19.2. The van der Waals surface area contributed by atoms with Crippen molar-refractivity contribution in [3.05, 3.63) is 33.7 Å². The third kappa shape index (κ3) is 3.41. The summed E-state index contributed by atoms with van der Waals surface area (Å²) in [5.41, 5.74) is 0.440. The summed E-state index contributed by atoms with van der Waals surface area (Å²) >= 11 is 1.53. The molecule has 4 unspecified atom stereocenters. The van der Waals surface area contributed by atoms with Gasteiger partial charge in [-0.1, -0.05) is 6.07 Å². The van der Waals surface area contributed by atoms with E-state index in [0.717, 1.165) is 24.5 Å². The normalized spacial score (nSPS) is 32.9. The van der Waals surface area contributed by atoms with Crippen LogP contribution in [0, 0.1) is 5.92 Å². The van der Waals surface area contributed by atoms with Crippen LogP contribution in [-0.4, -0.2) is 73.2 Å². The number of carbonyl (C=O) groups excluding carboxylic acids is 2. The van der Waals surface area contributed by atoms with Crippen LogP contribution in [0.3, 0.4) is 0 Å². The number of ether oxygens (including phenoxy) is 2. The number of thiophene rings is 1. The molecule has 5 rings (SSSR count). The van der Waals surface area contributed by atoms with Crippen LogP contribution in [0.4, 0.5) is 4.39 Å². The number of morpholine rings is 1. The average molecular weight is 421 g/mol. The summed E-state index contributed by atoms with van der Waals surface area (Å²) in [7, 11) is 0. The van der Waals surface area contributed by atoms with Crippen LogP contribution in [0.2, 0.25) is 0 Å². The molecule has 6 nitrogen and oxygen atoms in total. The Bertz CT molecular complexity index is 821. The minimum Gasteiger partial charge on any atom is -0.483 e. The van der Waals surface area contributed by atoms with Crippen molar-refractivity contribution in [3.8, 4) is 0 Å². The second kappa shape index (κ2) is 7.81. The Balaban J connectivity index is 1.44. The standard InChI is InChI=1S/C21H25FN2O4S/c22-13-3-4-15-14(12-13)19(25)17-18(16-2-1-11-29-16)24(21(26)20(17)28-15)6-5-23-7-9-27-10-8-23/h1-2,11,13-15,18H,3-10,12H2. The fraction of sp³-hybridized carbons (Fsp3) is 0.619. The summed E-state index contributed by atoms with van der Waals surface area (Å²) < 4.78 is 25.5. The Hall–Kier alpha value is -1.77. The number of rotatable bonds is 4. The zero-order valence-electron chi connectivity index (χ0n) is 16.2. The second-order valence-electron chi connectivity index (χ2n) is 8.15. The van der Waals surface area contributed by atoms with Gasteiger partial charge in [0.1, 0.15) is 12.3 Å². The summed E-state index contributed by atoms with van der Waals surface area (Å²) in [6.45, 7) is 4.34. The number of Topliss-reactive ketones (excluding diaryl/α,β-unsaturated/α-hetero) is 1. The molecule has 156 valence electrons. The Morgan fingerprint density at radius 1 is 1.17 bits per heavy atom. The van der Waals surface area contributed by atoms with E-state index in [1.165, 1.54) is 11.3 Å². The fourth-order valence-electron chi connectivity index (χ4n) is 4.91. The lowest BCUT2D eigenvalue weighted by atomic mass is 9.77. The Kier molecular flexibility index (Phi) is 5.17. The number of hydrogen-bond donors (Lipinski definition) is 0. The molecule has 3 aliphatic heterocycles. The molecule has 0 N–H and O–H groups in total. The molecule has 4 heterocycles. The van der Waals surface area contributed by atoms with Crippen molar-refractivity contribution in [1.82, 2.24) is 9.80 Å². The maximum absolute atomic E-state index is 14.0. The summed E-state index contributed by atoms with van der Waals surface area (Å²) in [5, 5.41) is 1.95. The molecule has 1 aromatic rings. The number of nitrogens with zero attached hydrogens (tertiary/aromatic N) is 2. The molecule has 29 heavy (non-hydrogen) atoms. The predicted octanol–water partition coefficient (Wildman–Crippen LogP) is 2.32. The molecule has 0 aromatic carbocycles. The van der Waals surface area contributed by atoms with Crippen LogP contribution in [0.5, 0.6) is 0 Å². The van der Waals surface area contributed by atoms with E-state index in [0.29, 0.717) is 38.2 Å². The van der Waals surface area contributed by atoms with E-state index in [9.17, 15) is 14.0 Å². The highest BCUT2D eigenvalue weighted by molar-refractivity contribution is 7.10. The molecule has 2 fully saturated rings. The lowest BCUT2D eigenvalue weighted by molar-refractivity contribution is -0.136. The van der Waals surface area contributed by atoms with E-state index in [4.69, 9.17) is 9.47 Å². The van der Waals surface area contributed by atoms with Crippen molar-refractivity contribution in [2.24, 2.45) is 5.92 Å². The molecule has 1 amide bonds. The summed E-state index contributed by atoms with van der Waals surface area (Å²) in [5.74, 6) is -0.582. The first-order chi connectivity index (χ1) is 14.1. The number of alkyl halides is 1. The number of ketones is 1. The lowest BCUT2D eigenvalue weighted by Crippen LogP contribution is -2.43. The average Bonchev–Trinajstić information content (AvgIpc) is 3.35. The number of amides is 1. The molecule has 4 aliphatic rings. The van der Waals surface area contributed by atoms with Crippen molar-refractivity contribution in [3.63, 3.8) is 0 Å². The molecule has 8 heteroatoms. The first-order valence-corrected chi connectivity index (χ1v) is 11.2. The molecular formula is C21H25FN2O4S. The van der Waals surface area contributed by atoms with Gasteiger partial charge in [0.25, 0.3) is 5.91 Å². The predicted molar refractivity (Wildman–Crippen MR) is 105 cm³/mol. The number of hydrogen-bond acceptors (Lipinski definition) is 6. The van der Waals surface area contributed by atoms with Gasteiger partial charge in [0.2, 0.25) is 0 Å². The van der Waals surface area contributed by atoms with Gasteiger partial charge in [-0.15, -0.1) is 11.3 Å². The van der Waals surface area contributed by atoms with Crippen molar-refractivity contribution in [1.29, 1.82) is 0 Å². The van der Waals surface area contributed by atoms with Crippen LogP contribution in [-0.2, 0) is 19.1 Å². The number of halogens is 1. The largest absolute Gasteiger partial charge is 0.483 e. The van der Waals surface area contributed by atoms with Gasteiger partial charge in [0.05, 0.1) is 30.7 Å². The smallest absolute Gasteiger partial charge is 0.290 e. The third-order valence-corrected chi connectivity index (χ3v) is 7.38. The van der Waals surface area contributed by atoms with E-state index in [1.54, 1.807) is 4.90 Å². The third-order valence-electron chi connectivity index (χ3n) is 6.45. The molecule has 4 atom stereocenters. The molecule has 0 spiro atoms. The van der Waals surface area contributed by atoms with Crippen LogP contribution < -0.4 is 0 Å². The van der Waals surface area contributed by atoms with Crippen LogP contribution in [0.15, 0.2) is 28.8 Å². The maximum atomic E-state index is 14.0. The van der Waals surface area contributed by atoms with Gasteiger partial charge in [-0.05, 0) is 30.7 Å². The molecular weight excluding hydrogens is 395 g/mol. The first-order valence-electron chi connectivity index (χ1n) is 10.4. The Labute approximate surface area is 173 Å². The summed E-state index contributed by atoms with van der Waals surface area (Å²) in [6.07, 6.45) is -0.278. The van der Waals surface area contributed by atoms with E-state index in [-0.39, 0.29) is 30.0 Å². The molecule has 0 bridgehead atoms. The van der Waals surface area contributed by atoms with E-state index >= 15 is 0 Å². The fourth-order valence-corrected chi connectivity index (χ4v) is 5.76. The van der Waals surface area contributed by atoms with Crippen molar-refractivity contribution in [2.75, 3.05) is 39.4 Å². The quantitative estimate of drug-likeness (QED) is 0.748. The van der Waals surface area contributed by atoms with Gasteiger partial charge < -0.3 is 14.4 Å². The van der Waals surface area contributed by atoms with Gasteiger partial charge >= 0.3 is 0 Å². The van der Waals surface area contributed by atoms with Crippen molar-refractivity contribution < 1.29 is 23.5 Å². The van der Waals surface area contributed by atoms with Crippen molar-refractivity contribution in [2.45, 2.75) is 37.6 Å². The highest BCUT2D eigenvalue weighted by atomic mass is 32.1. The zero-order valence-corrected chi connectivity index (χ0v) is 17.0. The topological polar surface area (TPSA) is 59.1 Å². The second-order valence-corrected chi connectivity index (χ2v) is 9.13. The van der Waals surface area contributed by atoms with Gasteiger partial charge in [-0.3, -0.25) is 14.5 Å². The highest BCUT2D eigenvalue weighted by Crippen LogP contribution is 2.47. The minimum atomic E-state index is -0.972. The molecule has 1 aromatic heterocycles. The monoisotopic (exact) mass is 420 g/mol. The van der Waals surface area contributed by atoms with E-state index < -0.39 is 18.1 Å². The number of carbonyl (C=O) groups is 2. The molecule has 1 saturated carbocycles. The Morgan fingerprint density at radius 2 is 2.00 bits per heavy atom. The van der Waals surface area contributed by atoms with Crippen LogP contribution in [0.1, 0.15) is 30.2 Å². The SMILES string of the molecule is O=C1C2=C(OC3CCC(F)CC13)C(=O)N(CCN1CCOCC1)C2c1cccs1. The van der Waals surface area contributed by atoms with Crippen molar-refractivity contribution >= 4 is 23.0 Å². The van der Waals surface area contributed by atoms with E-state index in [2.05, 4.69) is 4.90 Å². The maximum Gasteiger partial charge on any atom is 0.290 e. The molecule has 1 aliphatic carbocycles.